The number of benzene rings is 4. The average molecular weight is 754 g/mol. The first-order chi connectivity index (χ1) is 22.2. The fourth-order valence-electron chi connectivity index (χ4n) is 5.76. The molecule has 4 aromatic rings. The molecular formula is C36H37FIN3O4S. The lowest BCUT2D eigenvalue weighted by molar-refractivity contribution is -0.140. The van der Waals surface area contributed by atoms with E-state index in [1.165, 1.54) is 23.1 Å². The van der Waals surface area contributed by atoms with E-state index in [0.29, 0.717) is 5.69 Å². The fraction of sp³-hybridized carbons (Fsp3) is 0.278. The van der Waals surface area contributed by atoms with Crippen molar-refractivity contribution in [1.29, 1.82) is 0 Å². The predicted octanol–water partition coefficient (Wildman–Crippen LogP) is 6.71. The minimum atomic E-state index is -4.20. The average Bonchev–Trinajstić information content (AvgIpc) is 3.07. The van der Waals surface area contributed by atoms with Crippen molar-refractivity contribution in [2.24, 2.45) is 0 Å². The normalized spacial score (nSPS) is 14.3. The van der Waals surface area contributed by atoms with Crippen molar-refractivity contribution in [2.45, 2.75) is 62.0 Å². The highest BCUT2D eigenvalue weighted by Gasteiger charge is 2.35. The van der Waals surface area contributed by atoms with E-state index in [2.05, 4.69) is 27.9 Å². The van der Waals surface area contributed by atoms with Gasteiger partial charge in [-0.15, -0.1) is 0 Å². The quantitative estimate of drug-likeness (QED) is 0.163. The van der Waals surface area contributed by atoms with Crippen LogP contribution in [0.25, 0.3) is 0 Å². The minimum absolute atomic E-state index is 0.0216. The molecule has 2 amide bonds. The van der Waals surface area contributed by atoms with Gasteiger partial charge in [0.15, 0.2) is 0 Å². The smallest absolute Gasteiger partial charge is 0.264 e. The molecule has 1 N–H and O–H groups in total. The Kier molecular flexibility index (Phi) is 11.5. The number of hydrogen-bond donors (Lipinski definition) is 1. The van der Waals surface area contributed by atoms with Gasteiger partial charge in [-0.25, -0.2) is 12.8 Å². The third kappa shape index (κ3) is 8.52. The molecule has 46 heavy (non-hydrogen) atoms. The van der Waals surface area contributed by atoms with Crippen LogP contribution in [0.15, 0.2) is 114 Å². The molecule has 4 aromatic carbocycles. The fourth-order valence-corrected chi connectivity index (χ4v) is 7.56. The van der Waals surface area contributed by atoms with E-state index in [1.54, 1.807) is 60.7 Å². The van der Waals surface area contributed by atoms with Gasteiger partial charge in [0.1, 0.15) is 18.4 Å². The van der Waals surface area contributed by atoms with E-state index in [1.807, 2.05) is 30.3 Å². The Hall–Kier alpha value is -3.77. The van der Waals surface area contributed by atoms with Crippen molar-refractivity contribution < 1.29 is 22.4 Å². The summed E-state index contributed by atoms with van der Waals surface area (Å²) in [5.74, 6) is -1.48. The number of carbonyl (C=O) groups excluding carboxylic acids is 2. The maximum atomic E-state index is 15.1. The molecule has 240 valence electrons. The summed E-state index contributed by atoms with van der Waals surface area (Å²) in [5, 5.41) is 3.16. The summed E-state index contributed by atoms with van der Waals surface area (Å²) in [7, 11) is -4.20. The summed E-state index contributed by atoms with van der Waals surface area (Å²) in [4.78, 5) is 30.0. The molecule has 0 bridgehead atoms. The first kappa shape index (κ1) is 33.6. The van der Waals surface area contributed by atoms with Crippen LogP contribution in [-0.4, -0.2) is 43.8 Å². The van der Waals surface area contributed by atoms with Gasteiger partial charge in [0.05, 0.1) is 10.6 Å². The Morgan fingerprint density at radius 2 is 1.43 bits per heavy atom. The zero-order valence-corrected chi connectivity index (χ0v) is 28.4. The number of nitrogens with zero attached hydrogens (tertiary/aromatic N) is 2. The van der Waals surface area contributed by atoms with Crippen molar-refractivity contribution in [3.05, 3.63) is 130 Å². The standard InChI is InChI=1S/C36H37FIN3O4S/c37-33-19-11-10-14-28(33)25-40(34(24-27-12-4-1-5-13-27)36(43)39-30-15-6-2-7-16-30)35(42)26-41(31-22-20-29(38)21-23-31)46(44,45)32-17-8-3-9-18-32/h1,3-5,8-14,17-23,30,34H,2,6-7,15-16,24-26H2,(H,39,43)/t34-/m1/s1. The summed E-state index contributed by atoms with van der Waals surface area (Å²) in [6.45, 7) is -0.804. The van der Waals surface area contributed by atoms with Crippen LogP contribution in [0, 0.1) is 9.39 Å². The molecule has 1 aliphatic rings. The molecule has 0 heterocycles. The highest BCUT2D eigenvalue weighted by molar-refractivity contribution is 14.1. The lowest BCUT2D eigenvalue weighted by Crippen LogP contribution is -2.55. The first-order valence-corrected chi connectivity index (χ1v) is 17.9. The molecule has 0 spiro atoms. The second kappa shape index (κ2) is 15.7. The Balaban J connectivity index is 1.56. The molecule has 1 fully saturated rings. The largest absolute Gasteiger partial charge is 0.352 e. The predicted molar refractivity (Wildman–Crippen MR) is 186 cm³/mol. The van der Waals surface area contributed by atoms with Crippen LogP contribution in [0.1, 0.15) is 43.2 Å². The molecular weight excluding hydrogens is 716 g/mol. The molecule has 0 aliphatic heterocycles. The SMILES string of the molecule is O=C(NC1CCCCC1)[C@@H](Cc1ccccc1)N(Cc1ccccc1F)C(=O)CN(c1ccc(I)cc1)S(=O)(=O)c1ccccc1. The monoisotopic (exact) mass is 753 g/mol. The third-order valence-corrected chi connectivity index (χ3v) is 10.8. The van der Waals surface area contributed by atoms with Gasteiger partial charge in [-0.05, 0) is 83.5 Å². The van der Waals surface area contributed by atoms with Gasteiger partial charge in [-0.2, -0.15) is 0 Å². The van der Waals surface area contributed by atoms with Crippen molar-refractivity contribution in [3.8, 4) is 0 Å². The number of nitrogens with one attached hydrogen (secondary N) is 1. The Labute approximate surface area is 284 Å². The van der Waals surface area contributed by atoms with E-state index >= 15 is 4.39 Å². The maximum absolute atomic E-state index is 15.1. The minimum Gasteiger partial charge on any atom is -0.352 e. The summed E-state index contributed by atoms with van der Waals surface area (Å²) < 4.78 is 45.2. The number of sulfonamides is 1. The highest BCUT2D eigenvalue weighted by Crippen LogP contribution is 2.26. The van der Waals surface area contributed by atoms with Gasteiger partial charge < -0.3 is 10.2 Å². The Morgan fingerprint density at radius 1 is 0.826 bits per heavy atom. The molecule has 7 nitrogen and oxygen atoms in total. The van der Waals surface area contributed by atoms with Crippen LogP contribution in [0.4, 0.5) is 10.1 Å². The van der Waals surface area contributed by atoms with E-state index < -0.39 is 34.3 Å². The van der Waals surface area contributed by atoms with Crippen molar-refractivity contribution in [3.63, 3.8) is 0 Å². The molecule has 0 aromatic heterocycles. The van der Waals surface area contributed by atoms with Crippen LogP contribution in [0.2, 0.25) is 0 Å². The molecule has 0 radical (unpaired) electrons. The lowest BCUT2D eigenvalue weighted by Gasteiger charge is -2.35. The molecule has 1 aliphatic carbocycles. The molecule has 1 saturated carbocycles. The van der Waals surface area contributed by atoms with E-state index in [-0.39, 0.29) is 35.4 Å². The second-order valence-electron chi connectivity index (χ2n) is 11.5. The summed E-state index contributed by atoms with van der Waals surface area (Å²) in [6, 6.07) is 29.2. The highest BCUT2D eigenvalue weighted by atomic mass is 127. The second-order valence-corrected chi connectivity index (χ2v) is 14.6. The summed E-state index contributed by atoms with van der Waals surface area (Å²) in [5.41, 5.74) is 1.35. The Morgan fingerprint density at radius 3 is 2.09 bits per heavy atom. The van der Waals surface area contributed by atoms with E-state index in [9.17, 15) is 18.0 Å². The topological polar surface area (TPSA) is 86.8 Å². The van der Waals surface area contributed by atoms with Crippen LogP contribution in [0.3, 0.4) is 0 Å². The maximum Gasteiger partial charge on any atom is 0.264 e. The van der Waals surface area contributed by atoms with E-state index in [4.69, 9.17) is 0 Å². The van der Waals surface area contributed by atoms with Crippen LogP contribution in [0.5, 0.6) is 0 Å². The van der Waals surface area contributed by atoms with Crippen LogP contribution in [-0.2, 0) is 32.6 Å². The Bertz CT molecular complexity index is 1720. The number of hydrogen-bond acceptors (Lipinski definition) is 4. The van der Waals surface area contributed by atoms with Gasteiger partial charge in [0.2, 0.25) is 11.8 Å². The number of halogens is 2. The summed E-state index contributed by atoms with van der Waals surface area (Å²) in [6.07, 6.45) is 5.00. The van der Waals surface area contributed by atoms with Crippen molar-refractivity contribution in [2.75, 3.05) is 10.8 Å². The molecule has 10 heteroatoms. The van der Waals surface area contributed by atoms with E-state index in [0.717, 1.165) is 45.5 Å². The van der Waals surface area contributed by atoms with Crippen LogP contribution < -0.4 is 9.62 Å². The number of carbonyl (C=O) groups is 2. The zero-order chi connectivity index (χ0) is 32.5. The van der Waals surface area contributed by atoms with Gasteiger partial charge in [0, 0.05) is 28.1 Å². The summed E-state index contributed by atoms with van der Waals surface area (Å²) >= 11 is 2.13. The number of amides is 2. The first-order valence-electron chi connectivity index (χ1n) is 15.4. The molecule has 1 atom stereocenters. The van der Waals surface area contributed by atoms with Gasteiger partial charge in [-0.1, -0.05) is 86.0 Å². The lowest BCUT2D eigenvalue weighted by atomic mass is 9.94. The van der Waals surface area contributed by atoms with Crippen molar-refractivity contribution >= 4 is 50.1 Å². The molecule has 0 saturated heterocycles. The van der Waals surface area contributed by atoms with Gasteiger partial charge >= 0.3 is 0 Å². The van der Waals surface area contributed by atoms with Gasteiger partial charge in [-0.3, -0.25) is 13.9 Å². The number of rotatable bonds is 12. The zero-order valence-electron chi connectivity index (χ0n) is 25.4. The van der Waals surface area contributed by atoms with Crippen molar-refractivity contribution in [1.82, 2.24) is 10.2 Å². The third-order valence-electron chi connectivity index (χ3n) is 8.25. The van der Waals surface area contributed by atoms with Crippen LogP contribution >= 0.6 is 22.6 Å². The molecule has 5 rings (SSSR count). The number of anilines is 1. The van der Waals surface area contributed by atoms with Gasteiger partial charge in [0.25, 0.3) is 10.0 Å². The molecule has 0 unspecified atom stereocenters.